The van der Waals surface area contributed by atoms with Gasteiger partial charge in [0.05, 0.1) is 10.1 Å². The summed E-state index contributed by atoms with van der Waals surface area (Å²) in [6.45, 7) is 0.764. The molecule has 0 aliphatic carbocycles. The highest BCUT2D eigenvalue weighted by Crippen LogP contribution is 2.28. The van der Waals surface area contributed by atoms with Gasteiger partial charge in [-0.25, -0.2) is 8.42 Å². The minimum absolute atomic E-state index is 0.219. The first-order valence-corrected chi connectivity index (χ1v) is 11.3. The highest BCUT2D eigenvalue weighted by atomic mass is 35.5. The summed E-state index contributed by atoms with van der Waals surface area (Å²) < 4.78 is 24.2. The quantitative estimate of drug-likeness (QED) is 0.862. The van der Waals surface area contributed by atoms with Gasteiger partial charge in [-0.3, -0.25) is 0 Å². The Balaban J connectivity index is 0.000000203. The van der Waals surface area contributed by atoms with E-state index in [2.05, 4.69) is 17.5 Å². The number of nitrogens with two attached hydrogens (primary N) is 1. The highest BCUT2D eigenvalue weighted by molar-refractivity contribution is 8.01. The van der Waals surface area contributed by atoms with Crippen molar-refractivity contribution in [1.29, 1.82) is 0 Å². The molecule has 3 rings (SSSR count). The van der Waals surface area contributed by atoms with E-state index in [0.29, 0.717) is 15.7 Å². The van der Waals surface area contributed by atoms with Gasteiger partial charge in [0.15, 0.2) is 9.84 Å². The number of thioether (sulfide) groups is 1. The van der Waals surface area contributed by atoms with Crippen molar-refractivity contribution < 1.29 is 8.42 Å². The molecule has 0 spiro atoms. The molecule has 2 N–H and O–H groups in total. The molecule has 1 atom stereocenters. The molecule has 1 aliphatic rings. The molecule has 1 aliphatic heterocycles. The Kier molecular flexibility index (Phi) is 7.43. The maximum atomic E-state index is 12.1. The van der Waals surface area contributed by atoms with Crippen LogP contribution >= 0.6 is 34.7 Å². The van der Waals surface area contributed by atoms with Crippen molar-refractivity contribution in [3.05, 3.63) is 51.7 Å². The number of sulfone groups is 1. The number of halogens is 1. The van der Waals surface area contributed by atoms with E-state index in [4.69, 9.17) is 17.3 Å². The van der Waals surface area contributed by atoms with Crippen molar-refractivity contribution in [3.63, 3.8) is 0 Å². The number of benzene rings is 1. The molecule has 126 valence electrons. The van der Waals surface area contributed by atoms with Crippen molar-refractivity contribution in [2.75, 3.05) is 18.1 Å². The smallest absolute Gasteiger partial charge is 0.182 e. The zero-order chi connectivity index (χ0) is 16.7. The van der Waals surface area contributed by atoms with E-state index in [9.17, 15) is 8.42 Å². The molecular formula is C16H20ClNO2S3. The normalized spacial score (nSPS) is 17.6. The van der Waals surface area contributed by atoms with Crippen molar-refractivity contribution in [2.24, 2.45) is 5.73 Å². The lowest BCUT2D eigenvalue weighted by atomic mass is 10.3. The molecule has 23 heavy (non-hydrogen) atoms. The molecule has 2 heterocycles. The third-order valence-corrected chi connectivity index (χ3v) is 8.21. The number of thiophene rings is 1. The fourth-order valence-electron chi connectivity index (χ4n) is 2.17. The zero-order valence-corrected chi connectivity index (χ0v) is 15.9. The van der Waals surface area contributed by atoms with Crippen LogP contribution in [-0.2, 0) is 16.3 Å². The van der Waals surface area contributed by atoms with E-state index in [-0.39, 0.29) is 5.25 Å². The molecule has 2 aromatic rings. The van der Waals surface area contributed by atoms with Crippen LogP contribution in [0.1, 0.15) is 11.3 Å². The molecule has 1 saturated heterocycles. The Bertz CT molecular complexity index is 679. The van der Waals surface area contributed by atoms with E-state index < -0.39 is 9.84 Å². The third-order valence-electron chi connectivity index (χ3n) is 3.44. The summed E-state index contributed by atoms with van der Waals surface area (Å²) in [5.74, 6) is 1.66. The lowest BCUT2D eigenvalue weighted by Crippen LogP contribution is -2.20. The second-order valence-electron chi connectivity index (χ2n) is 5.10. The van der Waals surface area contributed by atoms with E-state index in [1.54, 1.807) is 47.4 Å². The SMILES string of the molecule is NCCc1cccs1.O=S(=O)(c1ccc(Cl)cc1)C1CCSC1. The molecule has 7 heteroatoms. The maximum absolute atomic E-state index is 12.1. The van der Waals surface area contributed by atoms with E-state index in [1.165, 1.54) is 4.88 Å². The minimum Gasteiger partial charge on any atom is -0.330 e. The monoisotopic (exact) mass is 389 g/mol. The van der Waals surface area contributed by atoms with Gasteiger partial charge in [0.1, 0.15) is 0 Å². The Labute approximate surface area is 151 Å². The predicted octanol–water partition coefficient (Wildman–Crippen LogP) is 3.87. The van der Waals surface area contributed by atoms with E-state index in [0.717, 1.165) is 25.1 Å². The second-order valence-corrected chi connectivity index (χ2v) is 9.95. The van der Waals surface area contributed by atoms with Crippen LogP contribution in [0, 0.1) is 0 Å². The molecule has 0 bridgehead atoms. The third kappa shape index (κ3) is 5.50. The lowest BCUT2D eigenvalue weighted by molar-refractivity contribution is 0.584. The molecule has 3 nitrogen and oxygen atoms in total. The summed E-state index contributed by atoms with van der Waals surface area (Å²) in [6, 6.07) is 10.6. The van der Waals surface area contributed by atoms with Crippen LogP contribution in [0.5, 0.6) is 0 Å². The first kappa shape index (κ1) is 18.8. The van der Waals surface area contributed by atoms with Crippen molar-refractivity contribution >= 4 is 44.5 Å². The highest BCUT2D eigenvalue weighted by Gasteiger charge is 2.30. The average molecular weight is 390 g/mol. The molecule has 0 saturated carbocycles. The number of rotatable bonds is 4. The van der Waals surface area contributed by atoms with Crippen LogP contribution in [0.2, 0.25) is 5.02 Å². The van der Waals surface area contributed by atoms with Gasteiger partial charge in [-0.1, -0.05) is 17.7 Å². The predicted molar refractivity (Wildman–Crippen MR) is 101 cm³/mol. The summed E-state index contributed by atoms with van der Waals surface area (Å²) in [4.78, 5) is 1.77. The fraction of sp³-hybridized carbons (Fsp3) is 0.375. The first-order valence-electron chi connectivity index (χ1n) is 7.33. The molecule has 0 amide bonds. The van der Waals surface area contributed by atoms with Gasteiger partial charge < -0.3 is 5.73 Å². The van der Waals surface area contributed by atoms with Crippen LogP contribution < -0.4 is 5.73 Å². The molecule has 1 aromatic heterocycles. The summed E-state index contributed by atoms with van der Waals surface area (Å²) in [5, 5.41) is 2.42. The number of hydrogen-bond acceptors (Lipinski definition) is 5. The topological polar surface area (TPSA) is 60.2 Å². The van der Waals surface area contributed by atoms with Gasteiger partial charge in [0, 0.05) is 15.7 Å². The molecular weight excluding hydrogens is 370 g/mol. The van der Waals surface area contributed by atoms with Crippen LogP contribution in [0.4, 0.5) is 0 Å². The summed E-state index contributed by atoms with van der Waals surface area (Å²) in [5.41, 5.74) is 5.33. The Morgan fingerprint density at radius 1 is 1.22 bits per heavy atom. The van der Waals surface area contributed by atoms with Crippen LogP contribution in [0.15, 0.2) is 46.7 Å². The lowest BCUT2D eigenvalue weighted by Gasteiger charge is -2.10. The van der Waals surface area contributed by atoms with E-state index in [1.807, 2.05) is 0 Å². The van der Waals surface area contributed by atoms with Gasteiger partial charge in [-0.2, -0.15) is 11.8 Å². The van der Waals surface area contributed by atoms with E-state index >= 15 is 0 Å². The van der Waals surface area contributed by atoms with Gasteiger partial charge in [-0.15, -0.1) is 11.3 Å². The van der Waals surface area contributed by atoms with Crippen LogP contribution in [0.25, 0.3) is 0 Å². The van der Waals surface area contributed by atoms with Crippen molar-refractivity contribution in [2.45, 2.75) is 23.0 Å². The summed E-state index contributed by atoms with van der Waals surface area (Å²) in [6.07, 6.45) is 1.79. The van der Waals surface area contributed by atoms with Gasteiger partial charge in [0.25, 0.3) is 0 Å². The van der Waals surface area contributed by atoms with Crippen molar-refractivity contribution in [1.82, 2.24) is 0 Å². The fourth-order valence-corrected chi connectivity index (χ4v) is 6.55. The van der Waals surface area contributed by atoms with Gasteiger partial charge in [-0.05, 0) is 60.9 Å². The Morgan fingerprint density at radius 3 is 2.48 bits per heavy atom. The Hall–Kier alpha value is -0.530. The van der Waals surface area contributed by atoms with Gasteiger partial charge in [0.2, 0.25) is 0 Å². The largest absolute Gasteiger partial charge is 0.330 e. The standard InChI is InChI=1S/C10H11ClO2S2.C6H9NS/c11-8-1-3-9(4-2-8)15(12,13)10-5-6-14-7-10;7-4-3-6-2-1-5-8-6/h1-4,10H,5-7H2;1-2,5H,3-4,7H2. The average Bonchev–Trinajstić information content (AvgIpc) is 3.22. The number of hydrogen-bond donors (Lipinski definition) is 1. The second kappa shape index (κ2) is 9.08. The summed E-state index contributed by atoms with van der Waals surface area (Å²) >= 11 is 9.19. The van der Waals surface area contributed by atoms with Crippen LogP contribution in [-0.4, -0.2) is 31.7 Å². The molecule has 1 aromatic carbocycles. The van der Waals surface area contributed by atoms with Gasteiger partial charge >= 0.3 is 0 Å². The summed E-state index contributed by atoms with van der Waals surface area (Å²) in [7, 11) is -3.13. The zero-order valence-electron chi connectivity index (χ0n) is 12.7. The minimum atomic E-state index is -3.13. The molecule has 0 radical (unpaired) electrons. The van der Waals surface area contributed by atoms with Crippen molar-refractivity contribution in [3.8, 4) is 0 Å². The van der Waals surface area contributed by atoms with Crippen LogP contribution in [0.3, 0.4) is 0 Å². The Morgan fingerprint density at radius 2 is 1.96 bits per heavy atom. The maximum Gasteiger partial charge on any atom is 0.182 e. The first-order chi connectivity index (χ1) is 11.0. The molecule has 1 unspecified atom stereocenters. The molecule has 1 fully saturated rings.